The van der Waals surface area contributed by atoms with E-state index in [1.54, 1.807) is 43.3 Å². The van der Waals surface area contributed by atoms with Crippen LogP contribution in [0.2, 0.25) is 5.02 Å². The fourth-order valence-electron chi connectivity index (χ4n) is 3.87. The van der Waals surface area contributed by atoms with Crippen LogP contribution in [0.25, 0.3) is 0 Å². The summed E-state index contributed by atoms with van der Waals surface area (Å²) in [5, 5.41) is 3.02. The second kappa shape index (κ2) is 12.9. The Labute approximate surface area is 230 Å². The summed E-state index contributed by atoms with van der Waals surface area (Å²) in [6, 6.07) is 19.7. The maximum absolute atomic E-state index is 13.9. The van der Waals surface area contributed by atoms with Crippen LogP contribution in [0.1, 0.15) is 37.0 Å². The summed E-state index contributed by atoms with van der Waals surface area (Å²) < 4.78 is 28.6. The van der Waals surface area contributed by atoms with Crippen LogP contribution in [0, 0.1) is 13.8 Å². The summed E-state index contributed by atoms with van der Waals surface area (Å²) in [6.07, 6.45) is 0.749. The lowest BCUT2D eigenvalue weighted by Gasteiger charge is -2.32. The van der Waals surface area contributed by atoms with E-state index in [9.17, 15) is 18.0 Å². The highest BCUT2D eigenvalue weighted by Gasteiger charge is 2.33. The SMILES string of the molecule is CCCNC(=O)[C@H](C)N(Cc1ccc(C)cc1)C(=O)CN(c1ccccc1Cl)S(=O)(=O)c1ccc(C)cc1. The molecular weight excluding hydrogens is 522 g/mol. The predicted octanol–water partition coefficient (Wildman–Crippen LogP) is 5.10. The minimum absolute atomic E-state index is 0.0367. The number of hydrogen-bond donors (Lipinski definition) is 1. The second-order valence-corrected chi connectivity index (χ2v) is 11.5. The van der Waals surface area contributed by atoms with Crippen LogP contribution in [0.3, 0.4) is 0 Å². The molecule has 38 heavy (non-hydrogen) atoms. The van der Waals surface area contributed by atoms with Gasteiger partial charge in [0.05, 0.1) is 15.6 Å². The molecule has 0 bridgehead atoms. The van der Waals surface area contributed by atoms with Crippen LogP contribution in [-0.2, 0) is 26.2 Å². The zero-order valence-electron chi connectivity index (χ0n) is 22.1. The summed E-state index contributed by atoms with van der Waals surface area (Å²) in [6.45, 7) is 7.49. The molecule has 2 amide bonds. The Hall–Kier alpha value is -3.36. The molecule has 3 rings (SSSR count). The molecule has 0 saturated carbocycles. The number of hydrogen-bond acceptors (Lipinski definition) is 4. The maximum atomic E-state index is 13.9. The summed E-state index contributed by atoms with van der Waals surface area (Å²) in [5.74, 6) is -0.835. The maximum Gasteiger partial charge on any atom is 0.264 e. The molecule has 3 aromatic carbocycles. The van der Waals surface area contributed by atoms with Gasteiger partial charge in [-0.2, -0.15) is 0 Å². The summed E-state index contributed by atoms with van der Waals surface area (Å²) in [5.41, 5.74) is 2.97. The van der Waals surface area contributed by atoms with Crippen LogP contribution >= 0.6 is 11.6 Å². The molecule has 0 heterocycles. The standard InChI is InChI=1S/C29H34ClN3O4S/c1-5-18-31-29(35)23(4)32(19-24-14-10-21(2)11-15-24)28(34)20-33(27-9-7-6-8-26(27)30)38(36,37)25-16-12-22(3)13-17-25/h6-17,23H,5,18-20H2,1-4H3,(H,31,35)/t23-/m0/s1. The number of halogens is 1. The van der Waals surface area contributed by atoms with Crippen molar-refractivity contribution in [2.24, 2.45) is 0 Å². The van der Waals surface area contributed by atoms with Gasteiger partial charge in [-0.15, -0.1) is 0 Å². The Morgan fingerprint density at radius 2 is 1.50 bits per heavy atom. The first kappa shape index (κ1) is 29.2. The van der Waals surface area contributed by atoms with Gasteiger partial charge in [0.15, 0.2) is 0 Å². The van der Waals surface area contributed by atoms with Crippen LogP contribution < -0.4 is 9.62 Å². The van der Waals surface area contributed by atoms with Crippen LogP contribution in [0.5, 0.6) is 0 Å². The summed E-state index contributed by atoms with van der Waals surface area (Å²) >= 11 is 6.42. The van der Waals surface area contributed by atoms with Crippen molar-refractivity contribution in [1.82, 2.24) is 10.2 Å². The predicted molar refractivity (Wildman–Crippen MR) is 152 cm³/mol. The zero-order valence-corrected chi connectivity index (χ0v) is 23.7. The number of para-hydroxylation sites is 1. The third-order valence-electron chi connectivity index (χ3n) is 6.20. The molecule has 0 fully saturated rings. The van der Waals surface area contributed by atoms with Crippen molar-refractivity contribution in [2.75, 3.05) is 17.4 Å². The number of carbonyl (C=O) groups is 2. The van der Waals surface area contributed by atoms with Crippen molar-refractivity contribution in [3.8, 4) is 0 Å². The van der Waals surface area contributed by atoms with Crippen molar-refractivity contribution in [1.29, 1.82) is 0 Å². The number of nitrogens with one attached hydrogen (secondary N) is 1. The molecular formula is C29H34ClN3O4S. The molecule has 9 heteroatoms. The van der Waals surface area contributed by atoms with Crippen molar-refractivity contribution in [3.63, 3.8) is 0 Å². The van der Waals surface area contributed by atoms with E-state index < -0.39 is 28.5 Å². The monoisotopic (exact) mass is 555 g/mol. The van der Waals surface area contributed by atoms with E-state index in [-0.39, 0.29) is 28.1 Å². The highest BCUT2D eigenvalue weighted by Crippen LogP contribution is 2.31. The van der Waals surface area contributed by atoms with Gasteiger partial charge in [0.25, 0.3) is 10.0 Å². The minimum atomic E-state index is -4.16. The molecule has 0 aromatic heterocycles. The molecule has 1 N–H and O–H groups in total. The third-order valence-corrected chi connectivity index (χ3v) is 8.29. The molecule has 0 saturated heterocycles. The normalized spacial score (nSPS) is 12.0. The topological polar surface area (TPSA) is 86.8 Å². The van der Waals surface area contributed by atoms with Crippen molar-refractivity contribution in [2.45, 2.75) is 51.6 Å². The summed E-state index contributed by atoms with van der Waals surface area (Å²) in [4.78, 5) is 28.2. The van der Waals surface area contributed by atoms with Gasteiger partial charge in [0, 0.05) is 13.1 Å². The first-order chi connectivity index (χ1) is 18.0. The average molecular weight is 556 g/mol. The number of benzene rings is 3. The molecule has 0 radical (unpaired) electrons. The fraction of sp³-hybridized carbons (Fsp3) is 0.310. The van der Waals surface area contributed by atoms with Crippen molar-refractivity contribution in [3.05, 3.63) is 94.5 Å². The van der Waals surface area contributed by atoms with Crippen molar-refractivity contribution >= 4 is 39.1 Å². The van der Waals surface area contributed by atoms with E-state index in [1.807, 2.05) is 45.0 Å². The molecule has 0 aliphatic carbocycles. The Bertz CT molecular complexity index is 1360. The van der Waals surface area contributed by atoms with Crippen molar-refractivity contribution < 1.29 is 18.0 Å². The largest absolute Gasteiger partial charge is 0.354 e. The second-order valence-electron chi connectivity index (χ2n) is 9.25. The molecule has 0 aliphatic heterocycles. The van der Waals surface area contributed by atoms with Gasteiger partial charge in [-0.3, -0.25) is 13.9 Å². The Morgan fingerprint density at radius 3 is 2.08 bits per heavy atom. The molecule has 7 nitrogen and oxygen atoms in total. The number of nitrogens with zero attached hydrogens (tertiary/aromatic N) is 2. The fourth-order valence-corrected chi connectivity index (χ4v) is 5.59. The van der Waals surface area contributed by atoms with E-state index in [0.29, 0.717) is 6.54 Å². The molecule has 202 valence electrons. The van der Waals surface area contributed by atoms with Gasteiger partial charge in [-0.05, 0) is 57.0 Å². The first-order valence-corrected chi connectivity index (χ1v) is 14.3. The number of aryl methyl sites for hydroxylation is 2. The zero-order chi connectivity index (χ0) is 27.9. The quantitative estimate of drug-likeness (QED) is 0.357. The third kappa shape index (κ3) is 7.14. The highest BCUT2D eigenvalue weighted by molar-refractivity contribution is 7.92. The lowest BCUT2D eigenvalue weighted by molar-refractivity contribution is -0.139. The van der Waals surface area contributed by atoms with E-state index >= 15 is 0 Å². The van der Waals surface area contributed by atoms with Crippen LogP contribution in [-0.4, -0.2) is 44.3 Å². The molecule has 1 atom stereocenters. The van der Waals surface area contributed by atoms with Gasteiger partial charge in [0.1, 0.15) is 12.6 Å². The molecule has 3 aromatic rings. The lowest BCUT2D eigenvalue weighted by atomic mass is 10.1. The Balaban J connectivity index is 2.02. The minimum Gasteiger partial charge on any atom is -0.354 e. The Kier molecular flexibility index (Phi) is 9.94. The first-order valence-electron chi connectivity index (χ1n) is 12.5. The number of sulfonamides is 1. The van der Waals surface area contributed by atoms with Crippen LogP contribution in [0.15, 0.2) is 77.7 Å². The van der Waals surface area contributed by atoms with Crippen LogP contribution in [0.4, 0.5) is 5.69 Å². The van der Waals surface area contributed by atoms with Gasteiger partial charge < -0.3 is 10.2 Å². The van der Waals surface area contributed by atoms with E-state index in [1.165, 1.54) is 17.0 Å². The number of carbonyl (C=O) groups excluding carboxylic acids is 2. The number of rotatable bonds is 11. The smallest absolute Gasteiger partial charge is 0.264 e. The number of amides is 2. The van der Waals surface area contributed by atoms with Gasteiger partial charge in [-0.1, -0.05) is 78.2 Å². The van der Waals surface area contributed by atoms with E-state index in [4.69, 9.17) is 11.6 Å². The van der Waals surface area contributed by atoms with Gasteiger partial charge in [0.2, 0.25) is 11.8 Å². The number of anilines is 1. The van der Waals surface area contributed by atoms with E-state index in [2.05, 4.69) is 5.32 Å². The lowest BCUT2D eigenvalue weighted by Crippen LogP contribution is -2.51. The average Bonchev–Trinajstić information content (AvgIpc) is 2.90. The van der Waals surface area contributed by atoms with E-state index in [0.717, 1.165) is 27.4 Å². The highest BCUT2D eigenvalue weighted by atomic mass is 35.5. The van der Waals surface area contributed by atoms with Gasteiger partial charge >= 0.3 is 0 Å². The van der Waals surface area contributed by atoms with Gasteiger partial charge in [-0.25, -0.2) is 8.42 Å². The molecule has 0 spiro atoms. The molecule has 0 unspecified atom stereocenters. The summed E-state index contributed by atoms with van der Waals surface area (Å²) in [7, 11) is -4.16. The Morgan fingerprint density at radius 1 is 0.921 bits per heavy atom. The molecule has 0 aliphatic rings.